The molecule has 17 heavy (non-hydrogen) atoms. The number of nitrogens with zero attached hydrogens (tertiary/aromatic N) is 2. The predicted octanol–water partition coefficient (Wildman–Crippen LogP) is 2.31. The number of hydrogen-bond acceptors (Lipinski definition) is 3. The Bertz CT molecular complexity index is 479. The van der Waals surface area contributed by atoms with Gasteiger partial charge in [-0.15, -0.1) is 0 Å². The minimum atomic E-state index is -0.221. The lowest BCUT2D eigenvalue weighted by atomic mass is 9.43. The summed E-state index contributed by atoms with van der Waals surface area (Å²) in [7, 11) is 0. The highest BCUT2D eigenvalue weighted by Crippen LogP contribution is 2.61. The third kappa shape index (κ3) is 1.62. The van der Waals surface area contributed by atoms with E-state index in [0.29, 0.717) is 5.92 Å². The average molecular weight is 272 g/mol. The van der Waals surface area contributed by atoms with Crippen molar-refractivity contribution in [1.29, 1.82) is 0 Å². The summed E-state index contributed by atoms with van der Waals surface area (Å²) in [6.07, 6.45) is 2.15. The molecule has 0 radical (unpaired) electrons. The minimum Gasteiger partial charge on any atom is -0.345 e. The van der Waals surface area contributed by atoms with Crippen molar-refractivity contribution in [3.05, 3.63) is 22.2 Å². The van der Waals surface area contributed by atoms with Gasteiger partial charge in [0.25, 0.3) is 5.91 Å². The summed E-state index contributed by atoms with van der Waals surface area (Å²) >= 11 is 11.4. The Hall–Kier alpha value is -0.870. The van der Waals surface area contributed by atoms with E-state index >= 15 is 0 Å². The van der Waals surface area contributed by atoms with E-state index in [2.05, 4.69) is 22.2 Å². The van der Waals surface area contributed by atoms with Gasteiger partial charge in [-0.25, -0.2) is 9.97 Å². The van der Waals surface area contributed by atoms with Gasteiger partial charge in [0.05, 0.1) is 0 Å². The lowest BCUT2D eigenvalue weighted by molar-refractivity contribution is -0.118. The van der Waals surface area contributed by atoms with E-state index < -0.39 is 0 Å². The Morgan fingerprint density at radius 2 is 2.18 bits per heavy atom. The summed E-state index contributed by atoms with van der Waals surface area (Å²) in [5, 5.41) is 3.21. The fraction of sp³-hybridized carbons (Fsp3) is 0.545. The Kier molecular flexibility index (Phi) is 2.35. The zero-order chi connectivity index (χ0) is 12.2. The van der Waals surface area contributed by atoms with Gasteiger partial charge in [-0.1, -0.05) is 18.5 Å². The highest BCUT2D eigenvalue weighted by Gasteiger charge is 2.63. The molecule has 3 fully saturated rings. The molecule has 3 saturated carbocycles. The smallest absolute Gasteiger partial charge is 0.270 e. The first-order valence-electron chi connectivity index (χ1n) is 5.53. The maximum atomic E-state index is 12.0. The fourth-order valence-corrected chi connectivity index (χ4v) is 3.15. The monoisotopic (exact) mass is 271 g/mol. The number of halogens is 2. The third-order valence-corrected chi connectivity index (χ3v) is 4.46. The van der Waals surface area contributed by atoms with Crippen molar-refractivity contribution in [2.75, 3.05) is 0 Å². The lowest BCUT2D eigenvalue weighted by Crippen LogP contribution is -2.74. The highest BCUT2D eigenvalue weighted by molar-refractivity contribution is 6.32. The summed E-state index contributed by atoms with van der Waals surface area (Å²) < 4.78 is 0. The molecule has 4 rings (SSSR count). The van der Waals surface area contributed by atoms with Crippen LogP contribution in [-0.4, -0.2) is 21.4 Å². The second-order valence-corrected chi connectivity index (χ2v) is 5.64. The van der Waals surface area contributed by atoms with Crippen LogP contribution in [0.1, 0.15) is 30.3 Å². The van der Waals surface area contributed by atoms with Gasteiger partial charge in [-0.05, 0) is 36.3 Å². The van der Waals surface area contributed by atoms with Gasteiger partial charge < -0.3 is 5.32 Å². The third-order valence-electron chi connectivity index (χ3n) is 4.09. The first-order valence-corrected chi connectivity index (χ1v) is 6.28. The van der Waals surface area contributed by atoms with Crippen molar-refractivity contribution >= 4 is 29.1 Å². The number of rotatable bonds is 2. The van der Waals surface area contributed by atoms with E-state index in [9.17, 15) is 4.79 Å². The molecule has 1 N–H and O–H groups in total. The molecule has 2 bridgehead atoms. The molecular weight excluding hydrogens is 261 g/mol. The summed E-state index contributed by atoms with van der Waals surface area (Å²) in [4.78, 5) is 19.6. The summed E-state index contributed by atoms with van der Waals surface area (Å²) in [6, 6.07) is 1.43. The zero-order valence-electron chi connectivity index (χ0n) is 9.20. The molecule has 0 unspecified atom stereocenters. The standard InChI is InChI=1S/C11H11Cl2N3O/c1-5-6-3-11(5,4-6)16-9(17)7-2-8(12)15-10(13)14-7/h2,5-6H,3-4H2,1H3,(H,16,17)/t5-,6?,11?/m1/s1. The number of amides is 1. The fourth-order valence-electron chi connectivity index (χ4n) is 2.74. The van der Waals surface area contributed by atoms with Crippen LogP contribution < -0.4 is 5.32 Å². The van der Waals surface area contributed by atoms with E-state index in [1.807, 2.05) is 0 Å². The first-order chi connectivity index (χ1) is 8.00. The van der Waals surface area contributed by atoms with E-state index in [-0.39, 0.29) is 27.6 Å². The second kappa shape index (κ2) is 3.56. The van der Waals surface area contributed by atoms with Crippen molar-refractivity contribution < 1.29 is 4.79 Å². The molecule has 0 saturated heterocycles. The van der Waals surface area contributed by atoms with Crippen LogP contribution in [0.4, 0.5) is 0 Å². The normalized spacial score (nSPS) is 33.6. The Morgan fingerprint density at radius 3 is 2.65 bits per heavy atom. The molecule has 1 aromatic heterocycles. The molecule has 0 aromatic carbocycles. The molecule has 1 atom stereocenters. The molecule has 1 heterocycles. The molecule has 90 valence electrons. The minimum absolute atomic E-state index is 0.00621. The Morgan fingerprint density at radius 1 is 1.47 bits per heavy atom. The molecule has 6 heteroatoms. The molecule has 0 aliphatic heterocycles. The van der Waals surface area contributed by atoms with Crippen molar-refractivity contribution in [2.24, 2.45) is 11.8 Å². The van der Waals surface area contributed by atoms with Crippen molar-refractivity contribution in [3.63, 3.8) is 0 Å². The van der Waals surface area contributed by atoms with Gasteiger partial charge in [-0.3, -0.25) is 4.79 Å². The topological polar surface area (TPSA) is 54.9 Å². The van der Waals surface area contributed by atoms with Crippen LogP contribution >= 0.6 is 23.2 Å². The van der Waals surface area contributed by atoms with Gasteiger partial charge in [0.15, 0.2) is 0 Å². The van der Waals surface area contributed by atoms with Gasteiger partial charge in [-0.2, -0.15) is 0 Å². The van der Waals surface area contributed by atoms with Gasteiger partial charge >= 0.3 is 0 Å². The summed E-state index contributed by atoms with van der Waals surface area (Å²) in [5.41, 5.74) is 0.220. The maximum Gasteiger partial charge on any atom is 0.270 e. The van der Waals surface area contributed by atoms with E-state index in [1.54, 1.807) is 0 Å². The average Bonchev–Trinajstić information content (AvgIpc) is 2.22. The van der Waals surface area contributed by atoms with Crippen LogP contribution in [-0.2, 0) is 0 Å². The molecule has 0 spiro atoms. The largest absolute Gasteiger partial charge is 0.345 e. The summed E-state index contributed by atoms with van der Waals surface area (Å²) in [6.45, 7) is 2.16. The quantitative estimate of drug-likeness (QED) is 0.664. The number of aromatic nitrogens is 2. The van der Waals surface area contributed by atoms with Gasteiger partial charge in [0.1, 0.15) is 10.8 Å². The highest BCUT2D eigenvalue weighted by atomic mass is 35.5. The number of carbonyl (C=O) groups is 1. The maximum absolute atomic E-state index is 12.0. The Balaban J connectivity index is 1.78. The van der Waals surface area contributed by atoms with Crippen LogP contribution in [0.3, 0.4) is 0 Å². The SMILES string of the molecule is C[C@@H]1C2CC1(NC(=O)c1cc(Cl)nc(Cl)n1)C2. The van der Waals surface area contributed by atoms with Crippen LogP contribution in [0, 0.1) is 11.8 Å². The summed E-state index contributed by atoms with van der Waals surface area (Å²) in [5.74, 6) is 1.13. The molecule has 4 nitrogen and oxygen atoms in total. The van der Waals surface area contributed by atoms with Gasteiger partial charge in [0.2, 0.25) is 5.28 Å². The molecule has 1 amide bonds. The van der Waals surface area contributed by atoms with E-state index in [1.165, 1.54) is 6.07 Å². The molecular formula is C11H11Cl2N3O. The number of hydrogen-bond donors (Lipinski definition) is 1. The van der Waals surface area contributed by atoms with Crippen molar-refractivity contribution in [1.82, 2.24) is 15.3 Å². The Labute approximate surface area is 109 Å². The lowest BCUT2D eigenvalue weighted by Gasteiger charge is -2.67. The van der Waals surface area contributed by atoms with Crippen LogP contribution in [0.2, 0.25) is 10.4 Å². The predicted molar refractivity (Wildman–Crippen MR) is 64.1 cm³/mol. The zero-order valence-corrected chi connectivity index (χ0v) is 10.7. The molecule has 1 aromatic rings. The molecule has 3 aliphatic rings. The first kappa shape index (κ1) is 11.2. The second-order valence-electron chi connectivity index (χ2n) is 4.91. The number of carbonyl (C=O) groups excluding carboxylic acids is 1. The molecule has 3 aliphatic carbocycles. The van der Waals surface area contributed by atoms with Crippen molar-refractivity contribution in [3.8, 4) is 0 Å². The van der Waals surface area contributed by atoms with Gasteiger partial charge in [0, 0.05) is 11.6 Å². The van der Waals surface area contributed by atoms with E-state index in [4.69, 9.17) is 23.2 Å². The van der Waals surface area contributed by atoms with E-state index in [0.717, 1.165) is 18.8 Å². The van der Waals surface area contributed by atoms with Crippen molar-refractivity contribution in [2.45, 2.75) is 25.3 Å². The van der Waals surface area contributed by atoms with Crippen LogP contribution in [0.15, 0.2) is 6.07 Å². The number of nitrogens with one attached hydrogen (secondary N) is 1. The van der Waals surface area contributed by atoms with Crippen LogP contribution in [0.5, 0.6) is 0 Å². The van der Waals surface area contributed by atoms with Crippen LogP contribution in [0.25, 0.3) is 0 Å².